The van der Waals surface area contributed by atoms with E-state index in [1.165, 1.54) is 0 Å². The van der Waals surface area contributed by atoms with E-state index in [-0.39, 0.29) is 16.9 Å². The second-order valence-electron chi connectivity index (χ2n) is 7.19. The van der Waals surface area contributed by atoms with Crippen molar-refractivity contribution in [2.75, 3.05) is 36.4 Å². The molecule has 1 heterocycles. The lowest BCUT2D eigenvalue weighted by Crippen LogP contribution is -2.49. The molecule has 31 heavy (non-hydrogen) atoms. The van der Waals surface area contributed by atoms with Crippen LogP contribution < -0.4 is 15.5 Å². The van der Waals surface area contributed by atoms with Gasteiger partial charge < -0.3 is 15.1 Å². The van der Waals surface area contributed by atoms with E-state index in [4.69, 9.17) is 35.4 Å². The summed E-state index contributed by atoms with van der Waals surface area (Å²) in [5.74, 6) is -0.136. The highest BCUT2D eigenvalue weighted by atomic mass is 35.5. The zero-order valence-corrected chi connectivity index (χ0v) is 19.5. The summed E-state index contributed by atoms with van der Waals surface area (Å²) in [4.78, 5) is 28.6. The van der Waals surface area contributed by atoms with Crippen molar-refractivity contribution in [2.24, 2.45) is 0 Å². The van der Waals surface area contributed by atoms with Gasteiger partial charge in [-0.1, -0.05) is 30.1 Å². The van der Waals surface area contributed by atoms with Gasteiger partial charge in [0.25, 0.3) is 5.91 Å². The Morgan fingerprint density at radius 1 is 1.00 bits per heavy atom. The summed E-state index contributed by atoms with van der Waals surface area (Å²) < 4.78 is 0. The first-order valence-corrected chi connectivity index (χ1v) is 11.2. The van der Waals surface area contributed by atoms with E-state index in [0.29, 0.717) is 53.9 Å². The Labute approximate surface area is 197 Å². The van der Waals surface area contributed by atoms with Crippen LogP contribution in [-0.4, -0.2) is 48.0 Å². The van der Waals surface area contributed by atoms with Gasteiger partial charge in [-0.05, 0) is 61.1 Å². The molecule has 2 amide bonds. The minimum Gasteiger partial charge on any atom is -0.366 e. The number of benzene rings is 2. The predicted molar refractivity (Wildman–Crippen MR) is 130 cm³/mol. The maximum atomic E-state index is 12.4. The number of carbonyl (C=O) groups is 2. The molecule has 3 rings (SSSR count). The van der Waals surface area contributed by atoms with Crippen LogP contribution in [0.4, 0.5) is 11.4 Å². The van der Waals surface area contributed by atoms with Crippen molar-refractivity contribution in [3.63, 3.8) is 0 Å². The Bertz CT molecular complexity index is 960. The number of rotatable bonds is 5. The summed E-state index contributed by atoms with van der Waals surface area (Å²) in [5.41, 5.74) is 2.06. The molecular formula is C22H24Cl2N4O2S. The number of hydrogen-bond acceptors (Lipinski definition) is 4. The molecule has 6 nitrogen and oxygen atoms in total. The summed E-state index contributed by atoms with van der Waals surface area (Å²) in [5, 5.41) is 7.03. The number of carbonyl (C=O) groups excluding carboxylic acids is 2. The summed E-state index contributed by atoms with van der Waals surface area (Å²) >= 11 is 17.4. The molecule has 1 saturated heterocycles. The predicted octanol–water partition coefficient (Wildman–Crippen LogP) is 4.57. The lowest BCUT2D eigenvalue weighted by atomic mass is 10.2. The molecule has 1 aliphatic heterocycles. The van der Waals surface area contributed by atoms with E-state index in [0.717, 1.165) is 12.1 Å². The highest BCUT2D eigenvalue weighted by Crippen LogP contribution is 2.30. The zero-order valence-electron chi connectivity index (χ0n) is 17.2. The second-order valence-corrected chi connectivity index (χ2v) is 8.48. The Morgan fingerprint density at radius 3 is 2.29 bits per heavy atom. The topological polar surface area (TPSA) is 64.7 Å². The molecule has 0 spiro atoms. The normalized spacial score (nSPS) is 13.6. The van der Waals surface area contributed by atoms with Gasteiger partial charge >= 0.3 is 0 Å². The third kappa shape index (κ3) is 6.32. The maximum absolute atomic E-state index is 12.4. The van der Waals surface area contributed by atoms with Crippen molar-refractivity contribution < 1.29 is 9.59 Å². The number of hydrogen-bond donors (Lipinski definition) is 2. The van der Waals surface area contributed by atoms with Crippen LogP contribution in [0.2, 0.25) is 10.0 Å². The van der Waals surface area contributed by atoms with Gasteiger partial charge in [0.2, 0.25) is 5.91 Å². The van der Waals surface area contributed by atoms with Crippen LogP contribution in [0.3, 0.4) is 0 Å². The van der Waals surface area contributed by atoms with Gasteiger partial charge in [-0.15, -0.1) is 0 Å². The van der Waals surface area contributed by atoms with Crippen LogP contribution >= 0.6 is 35.4 Å². The molecule has 0 atom stereocenters. The van der Waals surface area contributed by atoms with E-state index < -0.39 is 0 Å². The van der Waals surface area contributed by atoms with Gasteiger partial charge in [-0.2, -0.15) is 0 Å². The largest absolute Gasteiger partial charge is 0.366 e. The van der Waals surface area contributed by atoms with Crippen LogP contribution in [0.15, 0.2) is 42.5 Å². The van der Waals surface area contributed by atoms with Gasteiger partial charge in [-0.3, -0.25) is 14.9 Å². The first-order chi connectivity index (χ1) is 14.9. The van der Waals surface area contributed by atoms with Crippen LogP contribution in [0.5, 0.6) is 0 Å². The lowest BCUT2D eigenvalue weighted by Gasteiger charge is -2.37. The molecule has 2 aromatic rings. The minimum absolute atomic E-state index is 0.167. The lowest BCUT2D eigenvalue weighted by molar-refractivity contribution is -0.131. The SMILES string of the molecule is CCCC(=O)N1CCN(c2ccc(Cl)cc2NC(=S)NC(=O)c2ccc(Cl)cc2)CC1. The molecule has 2 N–H and O–H groups in total. The van der Waals surface area contributed by atoms with Gasteiger partial charge in [0.05, 0.1) is 11.4 Å². The third-order valence-electron chi connectivity index (χ3n) is 4.98. The summed E-state index contributed by atoms with van der Waals surface area (Å²) in [6, 6.07) is 12.0. The highest BCUT2D eigenvalue weighted by molar-refractivity contribution is 7.80. The van der Waals surface area contributed by atoms with Crippen LogP contribution in [0.25, 0.3) is 0 Å². The van der Waals surface area contributed by atoms with Crippen molar-refractivity contribution in [2.45, 2.75) is 19.8 Å². The van der Waals surface area contributed by atoms with Crippen LogP contribution in [0.1, 0.15) is 30.1 Å². The van der Waals surface area contributed by atoms with Crippen LogP contribution in [-0.2, 0) is 4.79 Å². The quantitative estimate of drug-likeness (QED) is 0.616. The Morgan fingerprint density at radius 2 is 1.65 bits per heavy atom. The fourth-order valence-electron chi connectivity index (χ4n) is 3.38. The molecule has 0 bridgehead atoms. The van der Waals surface area contributed by atoms with E-state index in [9.17, 15) is 9.59 Å². The fourth-order valence-corrected chi connectivity index (χ4v) is 3.88. The second kappa shape index (κ2) is 10.8. The summed E-state index contributed by atoms with van der Waals surface area (Å²) in [7, 11) is 0. The number of nitrogens with zero attached hydrogens (tertiary/aromatic N) is 2. The molecule has 0 saturated carbocycles. The van der Waals surface area contributed by atoms with E-state index in [1.54, 1.807) is 30.3 Å². The molecular weight excluding hydrogens is 455 g/mol. The standard InChI is InChI=1S/C22H24Cl2N4O2S/c1-2-3-20(29)28-12-10-27(11-13-28)19-9-8-17(24)14-18(19)25-22(31)26-21(30)15-4-6-16(23)7-5-15/h4-9,14H,2-3,10-13H2,1H3,(H2,25,26,30,31). The molecule has 0 radical (unpaired) electrons. The van der Waals surface area contributed by atoms with Crippen molar-refractivity contribution in [3.8, 4) is 0 Å². The zero-order chi connectivity index (χ0) is 22.4. The first kappa shape index (κ1) is 23.3. The third-order valence-corrected chi connectivity index (χ3v) is 5.67. The molecule has 0 aliphatic carbocycles. The smallest absolute Gasteiger partial charge is 0.257 e. The van der Waals surface area contributed by atoms with Gasteiger partial charge in [0.1, 0.15) is 0 Å². The fraction of sp³-hybridized carbons (Fsp3) is 0.318. The maximum Gasteiger partial charge on any atom is 0.257 e. The highest BCUT2D eigenvalue weighted by Gasteiger charge is 2.22. The van der Waals surface area contributed by atoms with Gasteiger partial charge in [-0.25, -0.2) is 0 Å². The Kier molecular flexibility index (Phi) is 8.12. The summed E-state index contributed by atoms with van der Waals surface area (Å²) in [6.45, 7) is 4.75. The van der Waals surface area contributed by atoms with E-state index >= 15 is 0 Å². The monoisotopic (exact) mass is 478 g/mol. The first-order valence-electron chi connectivity index (χ1n) is 10.1. The molecule has 1 fully saturated rings. The summed E-state index contributed by atoms with van der Waals surface area (Å²) in [6.07, 6.45) is 1.43. The number of anilines is 2. The Hall–Kier alpha value is -2.35. The molecule has 0 unspecified atom stereocenters. The molecule has 164 valence electrons. The molecule has 9 heteroatoms. The van der Waals surface area contributed by atoms with Crippen molar-refractivity contribution >= 4 is 63.7 Å². The minimum atomic E-state index is -0.333. The van der Waals surface area contributed by atoms with E-state index in [2.05, 4.69) is 15.5 Å². The number of thiocarbonyl (C=S) groups is 1. The van der Waals surface area contributed by atoms with Crippen molar-refractivity contribution in [1.82, 2.24) is 10.2 Å². The number of amides is 2. The van der Waals surface area contributed by atoms with Gasteiger partial charge in [0.15, 0.2) is 5.11 Å². The number of nitrogens with one attached hydrogen (secondary N) is 2. The average Bonchev–Trinajstić information content (AvgIpc) is 2.74. The number of halogens is 2. The van der Waals surface area contributed by atoms with Crippen LogP contribution in [0, 0.1) is 0 Å². The van der Waals surface area contributed by atoms with Gasteiger partial charge in [0, 0.05) is 48.2 Å². The number of piperazine rings is 1. The average molecular weight is 479 g/mol. The van der Waals surface area contributed by atoms with E-state index in [1.807, 2.05) is 24.0 Å². The molecule has 0 aromatic heterocycles. The van der Waals surface area contributed by atoms with Crippen molar-refractivity contribution in [3.05, 3.63) is 58.1 Å². The Balaban J connectivity index is 1.66. The molecule has 2 aromatic carbocycles. The molecule has 1 aliphatic rings. The van der Waals surface area contributed by atoms with Crippen molar-refractivity contribution in [1.29, 1.82) is 0 Å².